The van der Waals surface area contributed by atoms with Crippen molar-refractivity contribution in [3.05, 3.63) is 34.3 Å². The van der Waals surface area contributed by atoms with E-state index in [-0.39, 0.29) is 12.1 Å². The fourth-order valence-electron chi connectivity index (χ4n) is 2.20. The Labute approximate surface area is 116 Å². The van der Waals surface area contributed by atoms with Gasteiger partial charge in [-0.2, -0.15) is 0 Å². The summed E-state index contributed by atoms with van der Waals surface area (Å²) in [5.41, 5.74) is 0.617. The Bertz CT molecular complexity index is 405. The van der Waals surface area contributed by atoms with Crippen molar-refractivity contribution >= 4 is 21.9 Å². The van der Waals surface area contributed by atoms with Gasteiger partial charge in [-0.25, -0.2) is 4.79 Å². The number of ether oxygens (including phenoxy) is 1. The molecule has 18 heavy (non-hydrogen) atoms. The Balaban J connectivity index is 1.92. The van der Waals surface area contributed by atoms with E-state index in [1.165, 1.54) is 0 Å². The molecule has 0 bridgehead atoms. The third kappa shape index (κ3) is 3.56. The lowest BCUT2D eigenvalue weighted by Crippen LogP contribution is -2.40. The van der Waals surface area contributed by atoms with Gasteiger partial charge < -0.3 is 4.74 Å². The van der Waals surface area contributed by atoms with E-state index in [0.717, 1.165) is 36.9 Å². The molecule has 4 heteroatoms. The van der Waals surface area contributed by atoms with E-state index in [9.17, 15) is 4.79 Å². The van der Waals surface area contributed by atoms with E-state index in [0.29, 0.717) is 5.56 Å². The number of piperidine rings is 1. The summed E-state index contributed by atoms with van der Waals surface area (Å²) in [6, 6.07) is 7.28. The molecule has 0 amide bonds. The van der Waals surface area contributed by atoms with Gasteiger partial charge in [0, 0.05) is 11.0 Å². The molecule has 98 valence electrons. The predicted molar refractivity (Wildman–Crippen MR) is 74.7 cm³/mol. The number of hydrogen-bond acceptors (Lipinski definition) is 3. The van der Waals surface area contributed by atoms with Crippen LogP contribution in [0.3, 0.4) is 0 Å². The van der Waals surface area contributed by atoms with Crippen LogP contribution >= 0.6 is 15.9 Å². The predicted octanol–water partition coefficient (Wildman–Crippen LogP) is 3.09. The standard InChI is InChI=1S/C14H18BrNO2/c1-2-16-9-3-4-13(10-16)18-14(17)11-5-7-12(15)8-6-11/h5-8,13H,2-4,9-10H2,1H3/t13-/m0/s1. The van der Waals surface area contributed by atoms with Crippen LogP contribution in [0.2, 0.25) is 0 Å². The summed E-state index contributed by atoms with van der Waals surface area (Å²) in [6.45, 7) is 5.13. The molecule has 0 radical (unpaired) electrons. The van der Waals surface area contributed by atoms with Crippen molar-refractivity contribution in [3.63, 3.8) is 0 Å². The van der Waals surface area contributed by atoms with Crippen LogP contribution in [0.15, 0.2) is 28.7 Å². The average molecular weight is 312 g/mol. The molecule has 0 aliphatic carbocycles. The minimum absolute atomic E-state index is 0.0369. The van der Waals surface area contributed by atoms with Crippen LogP contribution in [0, 0.1) is 0 Å². The number of benzene rings is 1. The number of rotatable bonds is 3. The molecule has 1 heterocycles. The summed E-state index contributed by atoms with van der Waals surface area (Å²) >= 11 is 3.35. The number of carbonyl (C=O) groups is 1. The van der Waals surface area contributed by atoms with Gasteiger partial charge in [0.1, 0.15) is 6.10 Å². The van der Waals surface area contributed by atoms with Gasteiger partial charge in [0.15, 0.2) is 0 Å². The lowest BCUT2D eigenvalue weighted by molar-refractivity contribution is 0.00774. The van der Waals surface area contributed by atoms with Crippen molar-refractivity contribution in [2.45, 2.75) is 25.9 Å². The minimum atomic E-state index is -0.217. The molecule has 0 spiro atoms. The van der Waals surface area contributed by atoms with Gasteiger partial charge >= 0.3 is 5.97 Å². The summed E-state index contributed by atoms with van der Waals surface area (Å²) in [7, 11) is 0. The Morgan fingerprint density at radius 1 is 1.44 bits per heavy atom. The smallest absolute Gasteiger partial charge is 0.338 e. The van der Waals surface area contributed by atoms with Crippen LogP contribution in [0.5, 0.6) is 0 Å². The van der Waals surface area contributed by atoms with Gasteiger partial charge in [0.05, 0.1) is 5.56 Å². The largest absolute Gasteiger partial charge is 0.457 e. The number of likely N-dealkylation sites (N-methyl/N-ethyl adjacent to an activating group) is 1. The third-order valence-corrected chi connectivity index (χ3v) is 3.79. The first-order valence-corrected chi connectivity index (χ1v) is 7.17. The van der Waals surface area contributed by atoms with Crippen LogP contribution in [0.1, 0.15) is 30.1 Å². The lowest BCUT2D eigenvalue weighted by atomic mass is 10.1. The molecule has 0 aromatic heterocycles. The quantitative estimate of drug-likeness (QED) is 0.803. The van der Waals surface area contributed by atoms with Gasteiger partial charge in [-0.3, -0.25) is 4.90 Å². The van der Waals surface area contributed by atoms with Gasteiger partial charge in [0.2, 0.25) is 0 Å². The number of carbonyl (C=O) groups excluding carboxylic acids is 1. The average Bonchev–Trinajstić information content (AvgIpc) is 2.39. The van der Waals surface area contributed by atoms with Crippen molar-refractivity contribution in [1.82, 2.24) is 4.90 Å². The van der Waals surface area contributed by atoms with Crippen molar-refractivity contribution in [1.29, 1.82) is 0 Å². The molecule has 1 atom stereocenters. The zero-order chi connectivity index (χ0) is 13.0. The Kier molecular flexibility index (Phi) is 4.78. The molecule has 1 aliphatic rings. The van der Waals surface area contributed by atoms with Crippen LogP contribution in [0.4, 0.5) is 0 Å². The van der Waals surface area contributed by atoms with E-state index in [4.69, 9.17) is 4.74 Å². The maximum atomic E-state index is 12.0. The van der Waals surface area contributed by atoms with Crippen molar-refractivity contribution < 1.29 is 9.53 Å². The van der Waals surface area contributed by atoms with Gasteiger partial charge in [-0.15, -0.1) is 0 Å². The second-order valence-electron chi connectivity index (χ2n) is 4.57. The van der Waals surface area contributed by atoms with Crippen molar-refractivity contribution in [2.24, 2.45) is 0 Å². The summed E-state index contributed by atoms with van der Waals surface area (Å²) in [4.78, 5) is 14.3. The molecule has 3 nitrogen and oxygen atoms in total. The number of likely N-dealkylation sites (tertiary alicyclic amines) is 1. The number of nitrogens with zero attached hydrogens (tertiary/aromatic N) is 1. The van der Waals surface area contributed by atoms with E-state index >= 15 is 0 Å². The highest BCUT2D eigenvalue weighted by atomic mass is 79.9. The third-order valence-electron chi connectivity index (χ3n) is 3.26. The summed E-state index contributed by atoms with van der Waals surface area (Å²) in [5.74, 6) is -0.217. The molecule has 1 aromatic carbocycles. The lowest BCUT2D eigenvalue weighted by Gasteiger charge is -2.31. The molecule has 1 saturated heterocycles. The summed E-state index contributed by atoms with van der Waals surface area (Å²) in [5, 5.41) is 0. The number of halogens is 1. The first-order valence-electron chi connectivity index (χ1n) is 6.38. The van der Waals surface area contributed by atoms with E-state index in [1.54, 1.807) is 12.1 Å². The second kappa shape index (κ2) is 6.34. The molecule has 2 rings (SSSR count). The van der Waals surface area contributed by atoms with Crippen LogP contribution in [0.25, 0.3) is 0 Å². The van der Waals surface area contributed by atoms with E-state index in [2.05, 4.69) is 27.8 Å². The molecule has 1 aromatic rings. The fourth-order valence-corrected chi connectivity index (χ4v) is 2.47. The highest BCUT2D eigenvalue weighted by Crippen LogP contribution is 2.16. The summed E-state index contributed by atoms with van der Waals surface area (Å²) in [6.07, 6.45) is 2.11. The zero-order valence-electron chi connectivity index (χ0n) is 10.6. The first-order chi connectivity index (χ1) is 8.69. The van der Waals surface area contributed by atoms with Crippen molar-refractivity contribution in [2.75, 3.05) is 19.6 Å². The minimum Gasteiger partial charge on any atom is -0.457 e. The second-order valence-corrected chi connectivity index (χ2v) is 5.49. The van der Waals surface area contributed by atoms with Crippen LogP contribution in [-0.4, -0.2) is 36.6 Å². The SMILES string of the molecule is CCN1CCC[C@H](OC(=O)c2ccc(Br)cc2)C1. The van der Waals surface area contributed by atoms with Gasteiger partial charge in [-0.1, -0.05) is 22.9 Å². The van der Waals surface area contributed by atoms with Gasteiger partial charge in [-0.05, 0) is 50.2 Å². The zero-order valence-corrected chi connectivity index (χ0v) is 12.1. The monoisotopic (exact) mass is 311 g/mol. The number of hydrogen-bond donors (Lipinski definition) is 0. The van der Waals surface area contributed by atoms with Crippen molar-refractivity contribution in [3.8, 4) is 0 Å². The molecular weight excluding hydrogens is 294 g/mol. The van der Waals surface area contributed by atoms with Crippen LogP contribution in [-0.2, 0) is 4.74 Å². The molecule has 0 unspecified atom stereocenters. The van der Waals surface area contributed by atoms with E-state index in [1.807, 2.05) is 12.1 Å². The van der Waals surface area contributed by atoms with Gasteiger partial charge in [0.25, 0.3) is 0 Å². The topological polar surface area (TPSA) is 29.5 Å². The Morgan fingerprint density at radius 2 is 2.17 bits per heavy atom. The normalized spacial score (nSPS) is 20.7. The molecular formula is C14H18BrNO2. The van der Waals surface area contributed by atoms with Crippen LogP contribution < -0.4 is 0 Å². The van der Waals surface area contributed by atoms with E-state index < -0.39 is 0 Å². The Morgan fingerprint density at radius 3 is 2.83 bits per heavy atom. The highest BCUT2D eigenvalue weighted by Gasteiger charge is 2.22. The molecule has 1 fully saturated rings. The Hall–Kier alpha value is -0.870. The highest BCUT2D eigenvalue weighted by molar-refractivity contribution is 9.10. The maximum absolute atomic E-state index is 12.0. The first kappa shape index (κ1) is 13.6. The maximum Gasteiger partial charge on any atom is 0.338 e. The molecule has 0 saturated carbocycles. The summed E-state index contributed by atoms with van der Waals surface area (Å²) < 4.78 is 6.52. The molecule has 1 aliphatic heterocycles. The number of esters is 1. The fraction of sp³-hybridized carbons (Fsp3) is 0.500. The molecule has 0 N–H and O–H groups in total.